The van der Waals surface area contributed by atoms with Crippen molar-refractivity contribution in [3.05, 3.63) is 245 Å². The highest BCUT2D eigenvalue weighted by atomic mass is 16.3. The van der Waals surface area contributed by atoms with Crippen LogP contribution in [-0.2, 0) is 21.7 Å². The van der Waals surface area contributed by atoms with E-state index in [-0.39, 0.29) is 16.2 Å². The predicted octanol–water partition coefficient (Wildman–Crippen LogP) is 17.4. The van der Waals surface area contributed by atoms with E-state index in [0.717, 1.165) is 45.4 Å². The van der Waals surface area contributed by atoms with Crippen LogP contribution in [0.2, 0.25) is 0 Å². The van der Waals surface area contributed by atoms with Crippen LogP contribution in [0.5, 0.6) is 0 Å². The van der Waals surface area contributed by atoms with E-state index in [2.05, 4.69) is 247 Å². The third-order valence-corrected chi connectivity index (χ3v) is 15.9. The first-order valence-corrected chi connectivity index (χ1v) is 24.0. The Balaban J connectivity index is 1.06. The third kappa shape index (κ3) is 5.56. The van der Waals surface area contributed by atoms with Gasteiger partial charge in [0, 0.05) is 39.1 Å². The quantitative estimate of drug-likeness (QED) is 0.166. The summed E-state index contributed by atoms with van der Waals surface area (Å²) < 4.78 is 6.66. The van der Waals surface area contributed by atoms with E-state index < -0.39 is 5.41 Å². The van der Waals surface area contributed by atoms with Gasteiger partial charge >= 0.3 is 0 Å². The maximum atomic E-state index is 6.66. The Morgan fingerprint density at radius 2 is 0.985 bits per heavy atom. The number of para-hydroxylation sites is 2. The molecule has 0 amide bonds. The number of hydrogen-bond acceptors (Lipinski definition) is 2. The minimum absolute atomic E-state index is 0.133. The Kier molecular flexibility index (Phi) is 8.37. The standard InChI is InChI=1S/C65H53NO/c1-62(2)40-63(3,4)56-39-54-50(38-55(56)62)46-34-32-41(36-53(46)64(54,5)6)45-24-14-17-29-57(45)66(44-33-35-48-47-25-15-18-31-59(47)67-60(48)37-44)58-30-19-28-52-61(58)49-26-13-16-27-51(49)65(52,42-20-9-7-10-21-42)43-22-11-8-12-23-43/h7-39H,40H2,1-6H3. The summed E-state index contributed by atoms with van der Waals surface area (Å²) in [6.07, 6.45) is 1.16. The zero-order chi connectivity index (χ0) is 45.5. The molecule has 0 fully saturated rings. The van der Waals surface area contributed by atoms with E-state index >= 15 is 0 Å². The van der Waals surface area contributed by atoms with Gasteiger partial charge in [-0.1, -0.05) is 193 Å². The second-order valence-corrected chi connectivity index (χ2v) is 21.1. The maximum absolute atomic E-state index is 6.66. The average Bonchev–Trinajstić information content (AvgIpc) is 4.00. The van der Waals surface area contributed by atoms with Gasteiger partial charge in [0.05, 0.1) is 16.8 Å². The molecular formula is C65H53NO. The van der Waals surface area contributed by atoms with Crippen molar-refractivity contribution in [2.24, 2.45) is 0 Å². The smallest absolute Gasteiger partial charge is 0.137 e. The first-order chi connectivity index (χ1) is 32.5. The van der Waals surface area contributed by atoms with Crippen LogP contribution >= 0.6 is 0 Å². The molecule has 0 spiro atoms. The summed E-state index contributed by atoms with van der Waals surface area (Å²) >= 11 is 0. The number of hydrogen-bond donors (Lipinski definition) is 0. The first kappa shape index (κ1) is 39.9. The van der Waals surface area contributed by atoms with Crippen LogP contribution in [0.1, 0.15) is 92.5 Å². The molecule has 1 heterocycles. The first-order valence-electron chi connectivity index (χ1n) is 24.0. The lowest BCUT2D eigenvalue weighted by atomic mass is 9.68. The molecule has 324 valence electrons. The molecule has 0 unspecified atom stereocenters. The van der Waals surface area contributed by atoms with Crippen molar-refractivity contribution < 1.29 is 4.42 Å². The number of furan rings is 1. The third-order valence-electron chi connectivity index (χ3n) is 15.9. The van der Waals surface area contributed by atoms with Gasteiger partial charge in [-0.15, -0.1) is 0 Å². The Labute approximate surface area is 394 Å². The van der Waals surface area contributed by atoms with Crippen molar-refractivity contribution >= 4 is 39.0 Å². The van der Waals surface area contributed by atoms with Gasteiger partial charge in [0.1, 0.15) is 11.2 Å². The summed E-state index contributed by atoms with van der Waals surface area (Å²) in [5.74, 6) is 0. The van der Waals surface area contributed by atoms with Crippen molar-refractivity contribution in [1.82, 2.24) is 0 Å². The summed E-state index contributed by atoms with van der Waals surface area (Å²) in [5.41, 5.74) is 23.1. The SMILES string of the molecule is CC1(C)CC(C)(C)c2cc3c(cc21)-c1ccc(-c2ccccc2N(c2ccc4c(c2)oc2ccccc24)c2cccc4c2-c2ccccc2C4(c2ccccc2)c2ccccc2)cc1C3(C)C. The lowest BCUT2D eigenvalue weighted by Crippen LogP contribution is -2.28. The van der Waals surface area contributed by atoms with Crippen molar-refractivity contribution in [2.75, 3.05) is 4.90 Å². The zero-order valence-corrected chi connectivity index (χ0v) is 39.1. The normalized spacial score (nSPS) is 16.3. The number of rotatable bonds is 6. The van der Waals surface area contributed by atoms with E-state index in [4.69, 9.17) is 4.42 Å². The molecule has 2 heteroatoms. The maximum Gasteiger partial charge on any atom is 0.137 e. The molecule has 9 aromatic carbocycles. The number of fused-ring (bicyclic) bond motifs is 10. The summed E-state index contributed by atoms with van der Waals surface area (Å²) in [5, 5.41) is 2.24. The van der Waals surface area contributed by atoms with Gasteiger partial charge in [0.15, 0.2) is 0 Å². The fourth-order valence-corrected chi connectivity index (χ4v) is 13.2. The minimum Gasteiger partial charge on any atom is -0.456 e. The second kappa shape index (κ2) is 14.0. The Hall–Kier alpha value is -7.42. The summed E-state index contributed by atoms with van der Waals surface area (Å²) in [7, 11) is 0. The molecule has 13 rings (SSSR count). The molecule has 0 aliphatic heterocycles. The highest BCUT2D eigenvalue weighted by Gasteiger charge is 2.48. The fraction of sp³-hybridized carbons (Fsp3) is 0.169. The highest BCUT2D eigenvalue weighted by Crippen LogP contribution is 2.61. The fourth-order valence-electron chi connectivity index (χ4n) is 13.2. The van der Waals surface area contributed by atoms with Crippen molar-refractivity contribution in [1.29, 1.82) is 0 Å². The van der Waals surface area contributed by atoms with Crippen LogP contribution in [0.25, 0.3) is 55.3 Å². The van der Waals surface area contributed by atoms with Crippen molar-refractivity contribution in [2.45, 2.75) is 69.6 Å². The Morgan fingerprint density at radius 3 is 1.75 bits per heavy atom. The number of benzene rings is 9. The molecule has 3 aliphatic rings. The van der Waals surface area contributed by atoms with Crippen LogP contribution in [0.4, 0.5) is 17.1 Å². The molecule has 0 bridgehead atoms. The molecule has 0 N–H and O–H groups in total. The molecule has 0 saturated heterocycles. The van der Waals surface area contributed by atoms with Gasteiger partial charge in [0.25, 0.3) is 0 Å². The van der Waals surface area contributed by atoms with Gasteiger partial charge in [0.2, 0.25) is 0 Å². The van der Waals surface area contributed by atoms with Crippen LogP contribution in [0, 0.1) is 0 Å². The Morgan fingerprint density at radius 1 is 0.388 bits per heavy atom. The monoisotopic (exact) mass is 863 g/mol. The number of nitrogens with zero attached hydrogens (tertiary/aromatic N) is 1. The Bertz CT molecular complexity index is 3600. The topological polar surface area (TPSA) is 16.4 Å². The molecule has 1 aromatic heterocycles. The summed E-state index contributed by atoms with van der Waals surface area (Å²) in [4.78, 5) is 2.51. The van der Waals surface area contributed by atoms with Crippen LogP contribution in [0.3, 0.4) is 0 Å². The molecular weight excluding hydrogens is 811 g/mol. The number of anilines is 3. The second-order valence-electron chi connectivity index (χ2n) is 21.1. The van der Waals surface area contributed by atoms with E-state index in [1.807, 2.05) is 0 Å². The lowest BCUT2D eigenvalue weighted by Gasteiger charge is -2.34. The van der Waals surface area contributed by atoms with Gasteiger partial charge < -0.3 is 9.32 Å². The van der Waals surface area contributed by atoms with Crippen LogP contribution in [0.15, 0.2) is 205 Å². The molecule has 67 heavy (non-hydrogen) atoms. The van der Waals surface area contributed by atoms with Gasteiger partial charge in [-0.3, -0.25) is 0 Å². The van der Waals surface area contributed by atoms with Gasteiger partial charge in [-0.25, -0.2) is 0 Å². The van der Waals surface area contributed by atoms with E-state index in [1.54, 1.807) is 0 Å². The minimum atomic E-state index is -0.538. The largest absolute Gasteiger partial charge is 0.456 e. The van der Waals surface area contributed by atoms with Crippen LogP contribution in [-0.4, -0.2) is 0 Å². The predicted molar refractivity (Wildman–Crippen MR) is 279 cm³/mol. The van der Waals surface area contributed by atoms with E-state index in [0.29, 0.717) is 0 Å². The summed E-state index contributed by atoms with van der Waals surface area (Å²) in [6, 6.07) is 74.8. The molecule has 2 nitrogen and oxygen atoms in total. The molecule has 3 aliphatic carbocycles. The molecule has 10 aromatic rings. The van der Waals surface area contributed by atoms with Crippen molar-refractivity contribution in [3.63, 3.8) is 0 Å². The van der Waals surface area contributed by atoms with Gasteiger partial charge in [-0.05, 0) is 126 Å². The molecule has 0 radical (unpaired) electrons. The van der Waals surface area contributed by atoms with Crippen molar-refractivity contribution in [3.8, 4) is 33.4 Å². The molecule has 0 atom stereocenters. The molecule has 0 saturated carbocycles. The zero-order valence-electron chi connectivity index (χ0n) is 39.1. The average molecular weight is 864 g/mol. The van der Waals surface area contributed by atoms with Gasteiger partial charge in [-0.2, -0.15) is 0 Å². The lowest BCUT2D eigenvalue weighted by molar-refractivity contribution is 0.403. The van der Waals surface area contributed by atoms with Crippen LogP contribution < -0.4 is 4.90 Å². The van der Waals surface area contributed by atoms with E-state index in [9.17, 15) is 0 Å². The highest BCUT2D eigenvalue weighted by molar-refractivity contribution is 6.07. The van der Waals surface area contributed by atoms with E-state index in [1.165, 1.54) is 77.9 Å². The summed E-state index contributed by atoms with van der Waals surface area (Å²) in [6.45, 7) is 14.6.